The molecule has 0 bridgehead atoms. The molecule has 90 valence electrons. The lowest BCUT2D eigenvalue weighted by atomic mass is 10.1. The highest BCUT2D eigenvalue weighted by Gasteiger charge is 2.20. The lowest BCUT2D eigenvalue weighted by Gasteiger charge is -2.14. The number of ether oxygens (including phenoxy) is 1. The second-order valence-corrected chi connectivity index (χ2v) is 3.28. The van der Waals surface area contributed by atoms with Gasteiger partial charge < -0.3 is 10.5 Å². The first-order valence-electron chi connectivity index (χ1n) is 4.51. The molecule has 0 heterocycles. The molecule has 0 radical (unpaired) electrons. The Hall–Kier alpha value is -1.30. The molecule has 0 aromatic heterocycles. The minimum atomic E-state index is -2.75. The van der Waals surface area contributed by atoms with Gasteiger partial charge in [0.05, 0.1) is 13.2 Å². The monoisotopic (exact) mass is 237 g/mol. The summed E-state index contributed by atoms with van der Waals surface area (Å²) in [7, 11) is 1.17. The van der Waals surface area contributed by atoms with Gasteiger partial charge in [0.15, 0.2) is 11.6 Å². The van der Waals surface area contributed by atoms with Crippen LogP contribution in [0.15, 0.2) is 12.1 Å². The Morgan fingerprint density at radius 3 is 2.44 bits per heavy atom. The first-order chi connectivity index (χ1) is 7.45. The SMILES string of the molecule is COc1c(F)cc(F)cc1CC(N)C(F)F. The normalized spacial score (nSPS) is 12.9. The van der Waals surface area contributed by atoms with E-state index < -0.39 is 24.1 Å². The Morgan fingerprint density at radius 1 is 1.31 bits per heavy atom. The zero-order valence-corrected chi connectivity index (χ0v) is 8.51. The Kier molecular flexibility index (Phi) is 4.12. The van der Waals surface area contributed by atoms with Gasteiger partial charge in [-0.05, 0) is 12.5 Å². The number of hydrogen-bond donors (Lipinski definition) is 1. The van der Waals surface area contributed by atoms with Crippen molar-refractivity contribution in [1.29, 1.82) is 0 Å². The summed E-state index contributed by atoms with van der Waals surface area (Å²) in [6.45, 7) is 0. The van der Waals surface area contributed by atoms with E-state index in [4.69, 9.17) is 5.73 Å². The number of methoxy groups -OCH3 is 1. The van der Waals surface area contributed by atoms with Gasteiger partial charge in [-0.25, -0.2) is 17.6 Å². The van der Waals surface area contributed by atoms with Gasteiger partial charge in [0.1, 0.15) is 5.82 Å². The molecule has 0 spiro atoms. The molecule has 2 nitrogen and oxygen atoms in total. The van der Waals surface area contributed by atoms with Crippen LogP contribution in [0.5, 0.6) is 5.75 Å². The van der Waals surface area contributed by atoms with Crippen LogP contribution in [-0.2, 0) is 6.42 Å². The van der Waals surface area contributed by atoms with Crippen LogP contribution in [0.4, 0.5) is 17.6 Å². The highest BCUT2D eigenvalue weighted by atomic mass is 19.3. The van der Waals surface area contributed by atoms with Crippen molar-refractivity contribution in [2.45, 2.75) is 18.9 Å². The van der Waals surface area contributed by atoms with E-state index in [9.17, 15) is 17.6 Å². The van der Waals surface area contributed by atoms with Crippen molar-refractivity contribution in [1.82, 2.24) is 0 Å². The molecule has 0 saturated carbocycles. The topological polar surface area (TPSA) is 35.2 Å². The molecule has 0 fully saturated rings. The summed E-state index contributed by atoms with van der Waals surface area (Å²) in [6.07, 6.45) is -3.11. The average Bonchev–Trinajstić information content (AvgIpc) is 2.16. The summed E-state index contributed by atoms with van der Waals surface area (Å²) in [5.74, 6) is -2.04. The van der Waals surface area contributed by atoms with Gasteiger partial charge in [0.25, 0.3) is 6.43 Å². The van der Waals surface area contributed by atoms with Crippen molar-refractivity contribution >= 4 is 0 Å². The Labute approximate surface area is 90.0 Å². The molecular weight excluding hydrogens is 226 g/mol. The van der Waals surface area contributed by atoms with E-state index in [0.717, 1.165) is 6.07 Å². The predicted molar refractivity (Wildman–Crippen MR) is 50.6 cm³/mol. The number of benzene rings is 1. The lowest BCUT2D eigenvalue weighted by molar-refractivity contribution is 0.115. The molecule has 1 atom stereocenters. The predicted octanol–water partition coefficient (Wildman–Crippen LogP) is 2.11. The van der Waals surface area contributed by atoms with Crippen molar-refractivity contribution in [3.63, 3.8) is 0 Å². The van der Waals surface area contributed by atoms with E-state index in [2.05, 4.69) is 4.74 Å². The second-order valence-electron chi connectivity index (χ2n) is 3.28. The zero-order valence-electron chi connectivity index (χ0n) is 8.51. The molecule has 1 unspecified atom stereocenters. The largest absolute Gasteiger partial charge is 0.493 e. The third-order valence-electron chi connectivity index (χ3n) is 2.07. The second kappa shape index (κ2) is 5.16. The molecule has 16 heavy (non-hydrogen) atoms. The lowest BCUT2D eigenvalue weighted by Crippen LogP contribution is -2.31. The summed E-state index contributed by atoms with van der Waals surface area (Å²) in [5.41, 5.74) is 5.12. The fraction of sp³-hybridized carbons (Fsp3) is 0.400. The van der Waals surface area contributed by atoms with Crippen molar-refractivity contribution in [2.75, 3.05) is 7.11 Å². The van der Waals surface area contributed by atoms with Crippen LogP contribution in [0.3, 0.4) is 0 Å². The fourth-order valence-corrected chi connectivity index (χ4v) is 1.34. The van der Waals surface area contributed by atoms with Crippen LogP contribution in [0.1, 0.15) is 5.56 Å². The minimum absolute atomic E-state index is 0.00667. The molecule has 0 amide bonds. The van der Waals surface area contributed by atoms with E-state index in [-0.39, 0.29) is 17.7 Å². The molecule has 0 aliphatic carbocycles. The molecule has 0 aliphatic rings. The van der Waals surface area contributed by atoms with Crippen LogP contribution in [-0.4, -0.2) is 19.6 Å². The third-order valence-corrected chi connectivity index (χ3v) is 2.07. The number of rotatable bonds is 4. The van der Waals surface area contributed by atoms with E-state index in [1.165, 1.54) is 7.11 Å². The molecule has 1 aromatic rings. The molecule has 2 N–H and O–H groups in total. The van der Waals surface area contributed by atoms with Gasteiger partial charge in [0, 0.05) is 11.6 Å². The third kappa shape index (κ3) is 2.85. The van der Waals surface area contributed by atoms with E-state index in [0.29, 0.717) is 6.07 Å². The van der Waals surface area contributed by atoms with Crippen LogP contribution < -0.4 is 10.5 Å². The van der Waals surface area contributed by atoms with Crippen molar-refractivity contribution in [3.05, 3.63) is 29.3 Å². The summed E-state index contributed by atoms with van der Waals surface area (Å²) in [6, 6.07) is 0.0792. The van der Waals surface area contributed by atoms with Crippen molar-refractivity contribution in [2.24, 2.45) is 5.73 Å². The molecule has 0 aliphatic heterocycles. The maximum atomic E-state index is 13.2. The Bertz CT molecular complexity index is 370. The molecule has 1 rings (SSSR count). The quantitative estimate of drug-likeness (QED) is 0.814. The van der Waals surface area contributed by atoms with E-state index in [1.807, 2.05) is 0 Å². The number of alkyl halides is 2. The molecule has 6 heteroatoms. The van der Waals surface area contributed by atoms with Gasteiger partial charge in [-0.1, -0.05) is 0 Å². The van der Waals surface area contributed by atoms with Gasteiger partial charge in [0.2, 0.25) is 0 Å². The number of halogens is 4. The summed E-state index contributed by atoms with van der Waals surface area (Å²) < 4.78 is 55.1. The highest BCUT2D eigenvalue weighted by molar-refractivity contribution is 5.36. The fourth-order valence-electron chi connectivity index (χ4n) is 1.34. The Balaban J connectivity index is 3.02. The van der Waals surface area contributed by atoms with Gasteiger partial charge in [-0.15, -0.1) is 0 Å². The summed E-state index contributed by atoms with van der Waals surface area (Å²) in [4.78, 5) is 0. The van der Waals surface area contributed by atoms with Crippen molar-refractivity contribution in [3.8, 4) is 5.75 Å². The van der Waals surface area contributed by atoms with Crippen LogP contribution in [0.25, 0.3) is 0 Å². The summed E-state index contributed by atoms with van der Waals surface area (Å²) >= 11 is 0. The maximum Gasteiger partial charge on any atom is 0.253 e. The first kappa shape index (κ1) is 12.8. The smallest absolute Gasteiger partial charge is 0.253 e. The van der Waals surface area contributed by atoms with Crippen molar-refractivity contribution < 1.29 is 22.3 Å². The van der Waals surface area contributed by atoms with Gasteiger partial charge in [-0.2, -0.15) is 0 Å². The summed E-state index contributed by atoms with van der Waals surface area (Å²) in [5, 5.41) is 0. The first-order valence-corrected chi connectivity index (χ1v) is 4.51. The standard InChI is InChI=1S/C10H11F4NO/c1-16-9-5(3-8(15)10(13)14)2-6(11)4-7(9)12/h2,4,8,10H,3,15H2,1H3. The maximum absolute atomic E-state index is 13.2. The minimum Gasteiger partial charge on any atom is -0.493 e. The van der Waals surface area contributed by atoms with Crippen LogP contribution in [0.2, 0.25) is 0 Å². The molecular formula is C10H11F4NO. The van der Waals surface area contributed by atoms with Crippen LogP contribution >= 0.6 is 0 Å². The zero-order chi connectivity index (χ0) is 12.3. The van der Waals surface area contributed by atoms with Gasteiger partial charge >= 0.3 is 0 Å². The van der Waals surface area contributed by atoms with E-state index >= 15 is 0 Å². The highest BCUT2D eigenvalue weighted by Crippen LogP contribution is 2.25. The van der Waals surface area contributed by atoms with Crippen LogP contribution in [0, 0.1) is 11.6 Å². The molecule has 1 aromatic carbocycles. The number of nitrogens with two attached hydrogens (primary N) is 1. The van der Waals surface area contributed by atoms with E-state index in [1.54, 1.807) is 0 Å². The Morgan fingerprint density at radius 2 is 1.94 bits per heavy atom. The number of hydrogen-bond acceptors (Lipinski definition) is 2. The average molecular weight is 237 g/mol. The molecule has 0 saturated heterocycles. The van der Waals surface area contributed by atoms with Gasteiger partial charge in [-0.3, -0.25) is 0 Å².